The number of nitrogen functional groups attached to an aromatic ring is 1. The minimum Gasteiger partial charge on any atom is -0.493 e. The molecule has 0 unspecified atom stereocenters. The molecule has 1 aromatic heterocycles. The van der Waals surface area contributed by atoms with Crippen molar-refractivity contribution in [1.82, 2.24) is 4.98 Å². The number of nitrogens with zero attached hydrogens (tertiary/aromatic N) is 2. The van der Waals surface area contributed by atoms with Crippen LogP contribution in [0.3, 0.4) is 0 Å². The molecule has 1 aliphatic rings. The van der Waals surface area contributed by atoms with Gasteiger partial charge < -0.3 is 25.3 Å². The van der Waals surface area contributed by atoms with E-state index in [2.05, 4.69) is 15.2 Å². The summed E-state index contributed by atoms with van der Waals surface area (Å²) < 4.78 is 11.0. The number of nitrogens with one attached hydrogen (secondary N) is 1. The molecule has 4 N–H and O–H groups in total. The first-order valence-electron chi connectivity index (χ1n) is 7.58. The number of hydrogen-bond donors (Lipinski definition) is 3. The minimum atomic E-state index is -0.536. The fourth-order valence-corrected chi connectivity index (χ4v) is 2.58. The summed E-state index contributed by atoms with van der Waals surface area (Å²) in [7, 11) is 0. The molecule has 0 radical (unpaired) electrons. The number of carbonyl (C=O) groups is 1. The lowest BCUT2D eigenvalue weighted by atomic mass is 10.2. The van der Waals surface area contributed by atoms with Gasteiger partial charge in [-0.1, -0.05) is 0 Å². The Bertz CT molecular complexity index is 992. The van der Waals surface area contributed by atoms with Crippen molar-refractivity contribution >= 4 is 28.2 Å². The van der Waals surface area contributed by atoms with Crippen LogP contribution in [0.5, 0.6) is 17.4 Å². The number of aromatic hydroxyl groups is 1. The Morgan fingerprint density at radius 2 is 1.80 bits per heavy atom. The van der Waals surface area contributed by atoms with Crippen molar-refractivity contribution < 1.29 is 19.4 Å². The van der Waals surface area contributed by atoms with E-state index in [-0.39, 0.29) is 11.6 Å². The molecule has 0 spiro atoms. The minimum absolute atomic E-state index is 0.163. The summed E-state index contributed by atoms with van der Waals surface area (Å²) in [5.41, 5.74) is 7.26. The van der Waals surface area contributed by atoms with Gasteiger partial charge in [-0.2, -0.15) is 0 Å². The van der Waals surface area contributed by atoms with Crippen LogP contribution in [0.1, 0.15) is 10.4 Å². The van der Waals surface area contributed by atoms with Crippen LogP contribution in [0.2, 0.25) is 0 Å². The number of ether oxygens (including phenoxy) is 2. The SMILES string of the molecule is Nc1ccc(C(=O)N=Nc2c(O)[nH]c3cc4c(cc23)OCCO4)cc1. The number of H-pyrrole nitrogens is 1. The largest absolute Gasteiger partial charge is 0.493 e. The first-order chi connectivity index (χ1) is 12.1. The van der Waals surface area contributed by atoms with Gasteiger partial charge in [-0.25, -0.2) is 0 Å². The molecule has 8 heteroatoms. The van der Waals surface area contributed by atoms with Gasteiger partial charge >= 0.3 is 0 Å². The van der Waals surface area contributed by atoms with Gasteiger partial charge in [0.2, 0.25) is 5.88 Å². The van der Waals surface area contributed by atoms with Gasteiger partial charge in [-0.05, 0) is 30.3 Å². The Labute approximate surface area is 141 Å². The number of azo groups is 1. The molecule has 3 aromatic rings. The highest BCUT2D eigenvalue weighted by molar-refractivity contribution is 5.98. The van der Waals surface area contributed by atoms with Gasteiger partial charge in [0, 0.05) is 22.7 Å². The van der Waals surface area contributed by atoms with Crippen molar-refractivity contribution in [2.75, 3.05) is 18.9 Å². The number of fused-ring (bicyclic) bond motifs is 2. The molecule has 0 aliphatic carbocycles. The van der Waals surface area contributed by atoms with E-state index in [0.717, 1.165) is 0 Å². The number of aromatic nitrogens is 1. The van der Waals surface area contributed by atoms with E-state index in [0.29, 0.717) is 46.9 Å². The van der Waals surface area contributed by atoms with E-state index in [1.54, 1.807) is 36.4 Å². The molecule has 2 aromatic carbocycles. The van der Waals surface area contributed by atoms with Gasteiger partial charge in [-0.15, -0.1) is 10.2 Å². The second kappa shape index (κ2) is 5.82. The smallest absolute Gasteiger partial charge is 0.295 e. The predicted molar refractivity (Wildman–Crippen MR) is 90.7 cm³/mol. The summed E-state index contributed by atoms with van der Waals surface area (Å²) in [6.07, 6.45) is 0. The molecule has 1 amide bonds. The Morgan fingerprint density at radius 1 is 1.12 bits per heavy atom. The topological polar surface area (TPSA) is 122 Å². The first kappa shape index (κ1) is 15.0. The van der Waals surface area contributed by atoms with Crippen LogP contribution in [-0.4, -0.2) is 29.2 Å². The number of nitrogens with two attached hydrogens (primary N) is 1. The molecule has 0 atom stereocenters. The number of hydrogen-bond acceptors (Lipinski definition) is 6. The van der Waals surface area contributed by atoms with Gasteiger partial charge in [-0.3, -0.25) is 4.79 Å². The second-order valence-electron chi connectivity index (χ2n) is 5.49. The lowest BCUT2D eigenvalue weighted by Gasteiger charge is -2.17. The monoisotopic (exact) mass is 338 g/mol. The Hall–Kier alpha value is -3.55. The Balaban J connectivity index is 1.69. The molecular formula is C17H14N4O4. The van der Waals surface area contributed by atoms with Crippen molar-refractivity contribution in [1.29, 1.82) is 0 Å². The zero-order valence-corrected chi connectivity index (χ0v) is 13.0. The molecular weight excluding hydrogens is 324 g/mol. The second-order valence-corrected chi connectivity index (χ2v) is 5.49. The zero-order chi connectivity index (χ0) is 17.4. The lowest BCUT2D eigenvalue weighted by Crippen LogP contribution is -2.15. The number of amides is 1. The normalized spacial score (nSPS) is 13.4. The van der Waals surface area contributed by atoms with Crippen molar-refractivity contribution in [3.8, 4) is 17.4 Å². The van der Waals surface area contributed by atoms with Crippen LogP contribution < -0.4 is 15.2 Å². The van der Waals surface area contributed by atoms with Crippen molar-refractivity contribution in [2.45, 2.75) is 0 Å². The van der Waals surface area contributed by atoms with Crippen LogP contribution in [-0.2, 0) is 0 Å². The van der Waals surface area contributed by atoms with Gasteiger partial charge in [0.05, 0.1) is 5.52 Å². The molecule has 1 aliphatic heterocycles. The third kappa shape index (κ3) is 2.74. The number of rotatable bonds is 2. The summed E-state index contributed by atoms with van der Waals surface area (Å²) in [5, 5.41) is 18.2. The zero-order valence-electron chi connectivity index (χ0n) is 13.0. The highest BCUT2D eigenvalue weighted by Gasteiger charge is 2.18. The summed E-state index contributed by atoms with van der Waals surface area (Å²) in [4.78, 5) is 14.9. The molecule has 0 saturated heterocycles. The summed E-state index contributed by atoms with van der Waals surface area (Å²) in [6.45, 7) is 0.912. The fraction of sp³-hybridized carbons (Fsp3) is 0.118. The number of anilines is 1. The summed E-state index contributed by atoms with van der Waals surface area (Å²) >= 11 is 0. The molecule has 8 nitrogen and oxygen atoms in total. The third-order valence-electron chi connectivity index (χ3n) is 3.81. The van der Waals surface area contributed by atoms with Crippen LogP contribution in [0.25, 0.3) is 10.9 Å². The van der Waals surface area contributed by atoms with E-state index >= 15 is 0 Å². The lowest BCUT2D eigenvalue weighted by molar-refractivity contribution is 0.0995. The van der Waals surface area contributed by atoms with Crippen LogP contribution in [0, 0.1) is 0 Å². The maximum atomic E-state index is 12.1. The fourth-order valence-electron chi connectivity index (χ4n) is 2.58. The van der Waals surface area contributed by atoms with Gasteiger partial charge in [0.1, 0.15) is 13.2 Å². The van der Waals surface area contributed by atoms with Crippen molar-refractivity contribution in [3.63, 3.8) is 0 Å². The third-order valence-corrected chi connectivity index (χ3v) is 3.81. The molecule has 25 heavy (non-hydrogen) atoms. The summed E-state index contributed by atoms with van der Waals surface area (Å²) in [5.74, 6) is 0.415. The highest BCUT2D eigenvalue weighted by Crippen LogP contribution is 2.42. The molecule has 126 valence electrons. The Kier molecular flexibility index (Phi) is 3.50. The average Bonchev–Trinajstić information content (AvgIpc) is 2.92. The quantitative estimate of drug-likeness (QED) is 0.489. The van der Waals surface area contributed by atoms with E-state index in [9.17, 15) is 9.90 Å². The summed E-state index contributed by atoms with van der Waals surface area (Å²) in [6, 6.07) is 9.75. The van der Waals surface area contributed by atoms with Crippen molar-refractivity contribution in [3.05, 3.63) is 42.0 Å². The number of benzene rings is 2. The first-order valence-corrected chi connectivity index (χ1v) is 7.58. The number of carbonyl (C=O) groups excluding carboxylic acids is 1. The van der Waals surface area contributed by atoms with Crippen LogP contribution >= 0.6 is 0 Å². The van der Waals surface area contributed by atoms with Crippen molar-refractivity contribution in [2.24, 2.45) is 10.2 Å². The maximum Gasteiger partial charge on any atom is 0.295 e. The molecule has 2 heterocycles. The maximum absolute atomic E-state index is 12.1. The van der Waals surface area contributed by atoms with Crippen LogP contribution in [0.15, 0.2) is 46.6 Å². The standard InChI is InChI=1S/C17H14N4O4/c18-10-3-1-9(2-4-10)16(22)21-20-15-11-7-13-14(25-6-5-24-13)8-12(11)19-17(15)23/h1-4,7-8,19,23H,5-6,18H2. The average molecular weight is 338 g/mol. The van der Waals surface area contributed by atoms with E-state index in [1.807, 2.05) is 0 Å². The van der Waals surface area contributed by atoms with Gasteiger partial charge in [0.15, 0.2) is 17.2 Å². The number of aromatic amines is 1. The van der Waals surface area contributed by atoms with Gasteiger partial charge in [0.25, 0.3) is 5.91 Å². The molecule has 0 fully saturated rings. The van der Waals surface area contributed by atoms with Crippen LogP contribution in [0.4, 0.5) is 11.4 Å². The Morgan fingerprint density at radius 3 is 2.52 bits per heavy atom. The molecule has 4 rings (SSSR count). The molecule has 0 saturated carbocycles. The highest BCUT2D eigenvalue weighted by atomic mass is 16.6. The predicted octanol–water partition coefficient (Wildman–Crippen LogP) is 3.15. The van der Waals surface area contributed by atoms with E-state index in [1.165, 1.54) is 0 Å². The van der Waals surface area contributed by atoms with E-state index in [4.69, 9.17) is 15.2 Å². The van der Waals surface area contributed by atoms with E-state index < -0.39 is 5.91 Å². The molecule has 0 bridgehead atoms.